The van der Waals surface area contributed by atoms with Crippen LogP contribution in [0.4, 0.5) is 5.69 Å². The Morgan fingerprint density at radius 2 is 1.95 bits per heavy atom. The lowest BCUT2D eigenvalue weighted by Crippen LogP contribution is -2.19. The van der Waals surface area contributed by atoms with Crippen LogP contribution >= 0.6 is 22.6 Å². The summed E-state index contributed by atoms with van der Waals surface area (Å²) in [4.78, 5) is 0. The van der Waals surface area contributed by atoms with Gasteiger partial charge in [0.2, 0.25) is 0 Å². The highest BCUT2D eigenvalue weighted by molar-refractivity contribution is 14.1. The Kier molecular flexibility index (Phi) is 5.29. The molecule has 2 aromatic rings. The number of halogens is 1. The highest BCUT2D eigenvalue weighted by Crippen LogP contribution is 2.22. The second-order valence-corrected chi connectivity index (χ2v) is 6.27. The van der Waals surface area contributed by atoms with Crippen molar-refractivity contribution in [1.29, 1.82) is 0 Å². The zero-order valence-electron chi connectivity index (χ0n) is 12.1. The van der Waals surface area contributed by atoms with Crippen LogP contribution in [0.5, 0.6) is 5.75 Å². The first-order valence-electron chi connectivity index (χ1n) is 6.74. The minimum absolute atomic E-state index is 0.352. The first-order chi connectivity index (χ1) is 9.60. The fourth-order valence-electron chi connectivity index (χ4n) is 2.31. The van der Waals surface area contributed by atoms with E-state index in [0.717, 1.165) is 12.2 Å². The number of hydrogen-bond donors (Lipinski definition) is 1. The zero-order valence-corrected chi connectivity index (χ0v) is 14.3. The number of ether oxygens (including phenoxy) is 1. The van der Waals surface area contributed by atoms with Gasteiger partial charge in [0, 0.05) is 15.3 Å². The number of para-hydroxylation sites is 1. The van der Waals surface area contributed by atoms with Crippen molar-refractivity contribution in [1.82, 2.24) is 0 Å². The number of benzene rings is 2. The summed E-state index contributed by atoms with van der Waals surface area (Å²) >= 11 is 2.34. The van der Waals surface area contributed by atoms with Crippen molar-refractivity contribution in [3.63, 3.8) is 0 Å². The lowest BCUT2D eigenvalue weighted by atomic mass is 10.1. The Morgan fingerprint density at radius 1 is 1.20 bits per heavy atom. The molecule has 0 fully saturated rings. The Morgan fingerprint density at radius 3 is 2.65 bits per heavy atom. The van der Waals surface area contributed by atoms with E-state index < -0.39 is 0 Å². The Bertz CT molecular complexity index is 583. The van der Waals surface area contributed by atoms with E-state index in [1.807, 2.05) is 12.1 Å². The van der Waals surface area contributed by atoms with Crippen LogP contribution < -0.4 is 10.1 Å². The van der Waals surface area contributed by atoms with Gasteiger partial charge in [-0.1, -0.05) is 18.2 Å². The number of rotatable bonds is 5. The molecule has 2 nitrogen and oxygen atoms in total. The molecule has 1 atom stereocenters. The number of anilines is 1. The third kappa shape index (κ3) is 3.88. The predicted octanol–water partition coefficient (Wildman–Crippen LogP) is 4.65. The van der Waals surface area contributed by atoms with Crippen molar-refractivity contribution in [2.75, 3.05) is 12.4 Å². The van der Waals surface area contributed by atoms with Gasteiger partial charge in [0.25, 0.3) is 0 Å². The molecule has 3 heteroatoms. The van der Waals surface area contributed by atoms with E-state index in [9.17, 15) is 0 Å². The molecule has 106 valence electrons. The summed E-state index contributed by atoms with van der Waals surface area (Å²) in [6.45, 7) is 4.34. The Labute approximate surface area is 134 Å². The summed E-state index contributed by atoms with van der Waals surface area (Å²) in [5.74, 6) is 0.959. The van der Waals surface area contributed by atoms with E-state index in [0.29, 0.717) is 6.04 Å². The van der Waals surface area contributed by atoms with Crippen LogP contribution in [0, 0.1) is 10.5 Å². The smallest absolute Gasteiger partial charge is 0.122 e. The molecule has 0 saturated carbocycles. The highest BCUT2D eigenvalue weighted by Gasteiger charge is 2.09. The van der Waals surface area contributed by atoms with E-state index in [4.69, 9.17) is 4.74 Å². The molecule has 0 aromatic heterocycles. The van der Waals surface area contributed by atoms with Gasteiger partial charge < -0.3 is 10.1 Å². The van der Waals surface area contributed by atoms with Crippen LogP contribution in [0.15, 0.2) is 42.5 Å². The molecule has 0 heterocycles. The predicted molar refractivity (Wildman–Crippen MR) is 93.7 cm³/mol. The van der Waals surface area contributed by atoms with Crippen LogP contribution in [-0.4, -0.2) is 13.2 Å². The summed E-state index contributed by atoms with van der Waals surface area (Å²) in [6, 6.07) is 15.0. The average Bonchev–Trinajstić information content (AvgIpc) is 2.42. The largest absolute Gasteiger partial charge is 0.496 e. The van der Waals surface area contributed by atoms with Gasteiger partial charge in [-0.2, -0.15) is 0 Å². The molecule has 0 aliphatic heterocycles. The summed E-state index contributed by atoms with van der Waals surface area (Å²) in [5.41, 5.74) is 3.72. The first kappa shape index (κ1) is 15.2. The zero-order chi connectivity index (χ0) is 14.5. The molecular formula is C17H20INO. The van der Waals surface area contributed by atoms with Gasteiger partial charge in [-0.3, -0.25) is 0 Å². The van der Waals surface area contributed by atoms with Crippen LogP contribution in [0.1, 0.15) is 18.1 Å². The molecule has 2 aromatic carbocycles. The third-order valence-corrected chi connectivity index (χ3v) is 3.98. The van der Waals surface area contributed by atoms with Gasteiger partial charge in [-0.05, 0) is 78.3 Å². The monoisotopic (exact) mass is 381 g/mol. The minimum atomic E-state index is 0.352. The van der Waals surface area contributed by atoms with E-state index in [1.165, 1.54) is 20.4 Å². The van der Waals surface area contributed by atoms with Crippen LogP contribution in [0.3, 0.4) is 0 Å². The fraction of sp³-hybridized carbons (Fsp3) is 0.294. The molecule has 2 rings (SSSR count). The SMILES string of the molecule is COc1ccccc1CC(C)Nc1ccc(I)cc1C. The van der Waals surface area contributed by atoms with Gasteiger partial charge in [0.1, 0.15) is 5.75 Å². The van der Waals surface area contributed by atoms with Crippen LogP contribution in [0.25, 0.3) is 0 Å². The quantitative estimate of drug-likeness (QED) is 0.762. The maximum Gasteiger partial charge on any atom is 0.122 e. The summed E-state index contributed by atoms with van der Waals surface area (Å²) < 4.78 is 6.67. The maximum absolute atomic E-state index is 5.41. The Balaban J connectivity index is 2.07. The van der Waals surface area contributed by atoms with E-state index in [2.05, 4.69) is 72.1 Å². The second kappa shape index (κ2) is 6.97. The molecule has 0 aliphatic carbocycles. The van der Waals surface area contributed by atoms with E-state index in [-0.39, 0.29) is 0 Å². The van der Waals surface area contributed by atoms with Crippen LogP contribution in [-0.2, 0) is 6.42 Å². The molecule has 1 unspecified atom stereocenters. The standard InChI is InChI=1S/C17H20INO/c1-12-10-15(18)8-9-16(12)19-13(2)11-14-6-4-5-7-17(14)20-3/h4-10,13,19H,11H2,1-3H3. The first-order valence-corrected chi connectivity index (χ1v) is 7.82. The second-order valence-electron chi connectivity index (χ2n) is 5.02. The van der Waals surface area contributed by atoms with E-state index >= 15 is 0 Å². The summed E-state index contributed by atoms with van der Waals surface area (Å²) in [7, 11) is 1.72. The van der Waals surface area contributed by atoms with Gasteiger partial charge in [0.05, 0.1) is 7.11 Å². The minimum Gasteiger partial charge on any atom is -0.496 e. The molecule has 0 radical (unpaired) electrons. The number of aryl methyl sites for hydroxylation is 1. The Hall–Kier alpha value is -1.23. The van der Waals surface area contributed by atoms with Crippen molar-refractivity contribution in [2.24, 2.45) is 0 Å². The van der Waals surface area contributed by atoms with Gasteiger partial charge >= 0.3 is 0 Å². The topological polar surface area (TPSA) is 21.3 Å². The summed E-state index contributed by atoms with van der Waals surface area (Å²) in [5, 5.41) is 3.58. The van der Waals surface area contributed by atoms with Crippen LogP contribution in [0.2, 0.25) is 0 Å². The average molecular weight is 381 g/mol. The van der Waals surface area contributed by atoms with Crippen molar-refractivity contribution < 1.29 is 4.74 Å². The highest BCUT2D eigenvalue weighted by atomic mass is 127. The molecule has 0 aliphatic rings. The summed E-state index contributed by atoms with van der Waals surface area (Å²) in [6.07, 6.45) is 0.940. The number of nitrogens with one attached hydrogen (secondary N) is 1. The van der Waals surface area contributed by atoms with Crippen molar-refractivity contribution in [3.05, 3.63) is 57.2 Å². The molecule has 20 heavy (non-hydrogen) atoms. The van der Waals surface area contributed by atoms with Gasteiger partial charge in [-0.15, -0.1) is 0 Å². The lowest BCUT2D eigenvalue weighted by Gasteiger charge is -2.18. The third-order valence-electron chi connectivity index (χ3n) is 3.31. The molecule has 0 amide bonds. The molecule has 1 N–H and O–H groups in total. The van der Waals surface area contributed by atoms with Gasteiger partial charge in [0.15, 0.2) is 0 Å². The van der Waals surface area contributed by atoms with Gasteiger partial charge in [-0.25, -0.2) is 0 Å². The fourth-order valence-corrected chi connectivity index (χ4v) is 2.95. The molecule has 0 saturated heterocycles. The maximum atomic E-state index is 5.41. The number of hydrogen-bond acceptors (Lipinski definition) is 2. The van der Waals surface area contributed by atoms with Crippen molar-refractivity contribution in [3.8, 4) is 5.75 Å². The van der Waals surface area contributed by atoms with E-state index in [1.54, 1.807) is 7.11 Å². The number of methoxy groups -OCH3 is 1. The molecule has 0 bridgehead atoms. The molecular weight excluding hydrogens is 361 g/mol. The van der Waals surface area contributed by atoms with Crippen molar-refractivity contribution in [2.45, 2.75) is 26.3 Å². The normalized spacial score (nSPS) is 12.0. The van der Waals surface area contributed by atoms with Crippen molar-refractivity contribution >= 4 is 28.3 Å². The molecule has 0 spiro atoms. The lowest BCUT2D eigenvalue weighted by molar-refractivity contribution is 0.409.